The summed E-state index contributed by atoms with van der Waals surface area (Å²) >= 11 is 0. The van der Waals surface area contributed by atoms with Crippen molar-refractivity contribution in [2.45, 2.75) is 13.0 Å². The Bertz CT molecular complexity index is 738. The molecular formula is C17H15NO2. The Morgan fingerprint density at radius 3 is 2.65 bits per heavy atom. The van der Waals surface area contributed by atoms with Crippen LogP contribution in [0.5, 0.6) is 11.5 Å². The van der Waals surface area contributed by atoms with Crippen LogP contribution in [-0.2, 0) is 0 Å². The molecular weight excluding hydrogens is 250 g/mol. The molecule has 1 aromatic heterocycles. The van der Waals surface area contributed by atoms with Gasteiger partial charge in [0.05, 0.1) is 17.8 Å². The average molecular weight is 265 g/mol. The maximum absolute atomic E-state index is 9.76. The van der Waals surface area contributed by atoms with Gasteiger partial charge in [-0.25, -0.2) is 0 Å². The summed E-state index contributed by atoms with van der Waals surface area (Å²) in [7, 11) is 0. The van der Waals surface area contributed by atoms with Gasteiger partial charge in [0.2, 0.25) is 0 Å². The maximum Gasteiger partial charge on any atom is 0.146 e. The van der Waals surface area contributed by atoms with Crippen molar-refractivity contribution in [2.24, 2.45) is 0 Å². The molecule has 0 saturated heterocycles. The van der Waals surface area contributed by atoms with Gasteiger partial charge in [-0.2, -0.15) is 0 Å². The lowest BCUT2D eigenvalue weighted by Crippen LogP contribution is -1.96. The Kier molecular flexibility index (Phi) is 3.35. The zero-order valence-electron chi connectivity index (χ0n) is 11.2. The van der Waals surface area contributed by atoms with Crippen LogP contribution in [0.2, 0.25) is 0 Å². The molecule has 20 heavy (non-hydrogen) atoms. The summed E-state index contributed by atoms with van der Waals surface area (Å²) in [5.41, 5.74) is 1.70. The van der Waals surface area contributed by atoms with E-state index in [0.717, 1.165) is 16.5 Å². The van der Waals surface area contributed by atoms with Crippen molar-refractivity contribution in [1.29, 1.82) is 0 Å². The van der Waals surface area contributed by atoms with Crippen LogP contribution in [0.3, 0.4) is 0 Å². The van der Waals surface area contributed by atoms with Crippen molar-refractivity contribution in [3.8, 4) is 11.5 Å². The van der Waals surface area contributed by atoms with Gasteiger partial charge in [0.25, 0.3) is 0 Å². The molecule has 3 rings (SSSR count). The molecule has 100 valence electrons. The number of fused-ring (bicyclic) bond motifs is 1. The Morgan fingerprint density at radius 2 is 1.80 bits per heavy atom. The first-order chi connectivity index (χ1) is 9.74. The molecule has 0 aliphatic heterocycles. The number of aromatic nitrogens is 1. The fourth-order valence-corrected chi connectivity index (χ4v) is 2.15. The first kappa shape index (κ1) is 12.6. The van der Waals surface area contributed by atoms with Gasteiger partial charge >= 0.3 is 0 Å². The second kappa shape index (κ2) is 5.31. The van der Waals surface area contributed by atoms with Gasteiger partial charge in [0, 0.05) is 10.9 Å². The molecule has 0 aliphatic rings. The lowest BCUT2D eigenvalue weighted by Gasteiger charge is -2.13. The van der Waals surface area contributed by atoms with Crippen molar-refractivity contribution >= 4 is 10.9 Å². The number of ether oxygens (including phenoxy) is 1. The van der Waals surface area contributed by atoms with E-state index in [2.05, 4.69) is 4.98 Å². The zero-order chi connectivity index (χ0) is 13.9. The Morgan fingerprint density at radius 1 is 1.05 bits per heavy atom. The first-order valence-electron chi connectivity index (χ1n) is 6.54. The Balaban J connectivity index is 1.97. The topological polar surface area (TPSA) is 42.4 Å². The lowest BCUT2D eigenvalue weighted by molar-refractivity contribution is 0.195. The molecule has 0 saturated carbocycles. The third kappa shape index (κ3) is 2.49. The first-order valence-corrected chi connectivity index (χ1v) is 6.54. The Labute approximate surface area is 117 Å². The van der Waals surface area contributed by atoms with Gasteiger partial charge in [0.1, 0.15) is 11.5 Å². The standard InChI is InChI=1S/C17H15NO2/c1-12(19)15-7-3-5-9-17(15)20-14-10-13-6-2-4-8-16(13)18-11-14/h2-12,19H,1H3. The molecule has 1 N–H and O–H groups in total. The minimum Gasteiger partial charge on any atom is -0.455 e. The van der Waals surface area contributed by atoms with Crippen molar-refractivity contribution in [3.05, 3.63) is 66.4 Å². The molecule has 3 nitrogen and oxygen atoms in total. The van der Waals surface area contributed by atoms with Crippen molar-refractivity contribution in [1.82, 2.24) is 4.98 Å². The van der Waals surface area contributed by atoms with Gasteiger partial charge < -0.3 is 9.84 Å². The second-order valence-electron chi connectivity index (χ2n) is 4.68. The van der Waals surface area contributed by atoms with E-state index in [9.17, 15) is 5.11 Å². The van der Waals surface area contributed by atoms with Gasteiger partial charge in [0.15, 0.2) is 0 Å². The van der Waals surface area contributed by atoms with E-state index in [1.54, 1.807) is 13.1 Å². The molecule has 0 bridgehead atoms. The molecule has 0 aliphatic carbocycles. The zero-order valence-corrected chi connectivity index (χ0v) is 11.2. The van der Waals surface area contributed by atoms with E-state index in [4.69, 9.17) is 4.74 Å². The minimum absolute atomic E-state index is 0.570. The van der Waals surface area contributed by atoms with E-state index in [1.165, 1.54) is 0 Å². The number of aliphatic hydroxyl groups is 1. The quantitative estimate of drug-likeness (QED) is 0.775. The van der Waals surface area contributed by atoms with Crippen LogP contribution in [0.15, 0.2) is 60.8 Å². The molecule has 0 radical (unpaired) electrons. The highest BCUT2D eigenvalue weighted by Crippen LogP contribution is 2.30. The van der Waals surface area contributed by atoms with Gasteiger partial charge in [-0.3, -0.25) is 4.98 Å². The fraction of sp³-hybridized carbons (Fsp3) is 0.118. The smallest absolute Gasteiger partial charge is 0.146 e. The number of pyridine rings is 1. The van der Waals surface area contributed by atoms with Crippen LogP contribution in [0.4, 0.5) is 0 Å². The molecule has 1 unspecified atom stereocenters. The summed E-state index contributed by atoms with van der Waals surface area (Å²) < 4.78 is 5.86. The summed E-state index contributed by atoms with van der Waals surface area (Å²) in [6.07, 6.45) is 1.13. The molecule has 0 fully saturated rings. The number of hydrogen-bond donors (Lipinski definition) is 1. The van der Waals surface area contributed by atoms with Crippen LogP contribution in [0.1, 0.15) is 18.6 Å². The molecule has 0 amide bonds. The van der Waals surface area contributed by atoms with Gasteiger partial charge in [-0.1, -0.05) is 36.4 Å². The van der Waals surface area contributed by atoms with E-state index in [-0.39, 0.29) is 0 Å². The highest BCUT2D eigenvalue weighted by atomic mass is 16.5. The summed E-state index contributed by atoms with van der Waals surface area (Å²) in [5, 5.41) is 10.8. The number of para-hydroxylation sites is 2. The highest BCUT2D eigenvalue weighted by Gasteiger charge is 2.09. The Hall–Kier alpha value is -2.39. The molecule has 3 heteroatoms. The lowest BCUT2D eigenvalue weighted by atomic mass is 10.1. The summed E-state index contributed by atoms with van der Waals surface area (Å²) in [5.74, 6) is 1.32. The third-order valence-corrected chi connectivity index (χ3v) is 3.16. The minimum atomic E-state index is -0.570. The summed E-state index contributed by atoms with van der Waals surface area (Å²) in [4.78, 5) is 4.36. The third-order valence-electron chi connectivity index (χ3n) is 3.16. The van der Waals surface area contributed by atoms with E-state index in [0.29, 0.717) is 11.5 Å². The molecule has 0 spiro atoms. The van der Waals surface area contributed by atoms with E-state index < -0.39 is 6.10 Å². The molecule has 1 heterocycles. The van der Waals surface area contributed by atoms with Crippen molar-refractivity contribution < 1.29 is 9.84 Å². The van der Waals surface area contributed by atoms with Gasteiger partial charge in [-0.15, -0.1) is 0 Å². The van der Waals surface area contributed by atoms with Crippen molar-refractivity contribution in [3.63, 3.8) is 0 Å². The second-order valence-corrected chi connectivity index (χ2v) is 4.68. The number of aliphatic hydroxyl groups excluding tert-OH is 1. The number of hydrogen-bond acceptors (Lipinski definition) is 3. The predicted octanol–water partition coefficient (Wildman–Crippen LogP) is 4.08. The largest absolute Gasteiger partial charge is 0.455 e. The normalized spacial score (nSPS) is 12.3. The maximum atomic E-state index is 9.76. The summed E-state index contributed by atoms with van der Waals surface area (Å²) in [6.45, 7) is 1.72. The van der Waals surface area contributed by atoms with Crippen LogP contribution in [0, 0.1) is 0 Å². The number of rotatable bonds is 3. The highest BCUT2D eigenvalue weighted by molar-refractivity contribution is 5.79. The van der Waals surface area contributed by atoms with Crippen LogP contribution in [-0.4, -0.2) is 10.1 Å². The molecule has 3 aromatic rings. The number of nitrogens with zero attached hydrogens (tertiary/aromatic N) is 1. The SMILES string of the molecule is CC(O)c1ccccc1Oc1cnc2ccccc2c1. The van der Waals surface area contributed by atoms with Crippen LogP contribution in [0.25, 0.3) is 10.9 Å². The van der Waals surface area contributed by atoms with Gasteiger partial charge in [-0.05, 0) is 25.1 Å². The summed E-state index contributed by atoms with van der Waals surface area (Å²) in [6, 6.07) is 17.3. The van der Waals surface area contributed by atoms with E-state index >= 15 is 0 Å². The fourth-order valence-electron chi connectivity index (χ4n) is 2.15. The van der Waals surface area contributed by atoms with Crippen molar-refractivity contribution in [2.75, 3.05) is 0 Å². The van der Waals surface area contributed by atoms with E-state index in [1.807, 2.05) is 54.6 Å². The van der Waals surface area contributed by atoms with Crippen LogP contribution < -0.4 is 4.74 Å². The monoisotopic (exact) mass is 265 g/mol. The molecule has 2 aromatic carbocycles. The predicted molar refractivity (Wildman–Crippen MR) is 78.9 cm³/mol. The molecule has 1 atom stereocenters. The van der Waals surface area contributed by atoms with Crippen LogP contribution >= 0.6 is 0 Å². The number of benzene rings is 2. The average Bonchev–Trinajstić information content (AvgIpc) is 2.47.